The van der Waals surface area contributed by atoms with Crippen molar-refractivity contribution in [2.45, 2.75) is 36.4 Å². The molecule has 1 atom stereocenters. The highest BCUT2D eigenvalue weighted by Gasteiger charge is 2.20. The molecule has 0 radical (unpaired) electrons. The quantitative estimate of drug-likeness (QED) is 0.503. The van der Waals surface area contributed by atoms with Crippen LogP contribution < -0.4 is 5.56 Å². The van der Waals surface area contributed by atoms with Crippen LogP contribution in [-0.4, -0.2) is 22.3 Å². The second kappa shape index (κ2) is 7.60. The van der Waals surface area contributed by atoms with Crippen LogP contribution in [0.5, 0.6) is 0 Å². The van der Waals surface area contributed by atoms with E-state index in [0.29, 0.717) is 33.9 Å². The Kier molecular flexibility index (Phi) is 5.04. The molecule has 3 aromatic rings. The lowest BCUT2D eigenvalue weighted by Crippen LogP contribution is -2.28. The molecule has 134 valence electrons. The minimum atomic E-state index is -0.242. The first-order valence-electron chi connectivity index (χ1n) is 8.70. The highest BCUT2D eigenvalue weighted by atomic mass is 32.2. The van der Waals surface area contributed by atoms with Gasteiger partial charge in [-0.3, -0.25) is 9.36 Å². The van der Waals surface area contributed by atoms with E-state index in [-0.39, 0.29) is 17.5 Å². The number of nitrogens with zero attached hydrogens (tertiary/aromatic N) is 2. The van der Waals surface area contributed by atoms with Crippen LogP contribution in [0, 0.1) is 5.82 Å². The predicted octanol–water partition coefficient (Wildman–Crippen LogP) is 4.01. The first-order valence-corrected chi connectivity index (χ1v) is 9.68. The fourth-order valence-electron chi connectivity index (χ4n) is 3.17. The highest BCUT2D eigenvalue weighted by molar-refractivity contribution is 7.98. The van der Waals surface area contributed by atoms with Gasteiger partial charge in [0, 0.05) is 12.4 Å². The van der Waals surface area contributed by atoms with Gasteiger partial charge in [0.2, 0.25) is 0 Å². The van der Waals surface area contributed by atoms with Crippen LogP contribution in [0.15, 0.2) is 58.5 Å². The van der Waals surface area contributed by atoms with Gasteiger partial charge in [-0.2, -0.15) is 0 Å². The van der Waals surface area contributed by atoms with E-state index >= 15 is 0 Å². The van der Waals surface area contributed by atoms with Crippen LogP contribution in [0.1, 0.15) is 18.4 Å². The van der Waals surface area contributed by atoms with Crippen LogP contribution in [0.25, 0.3) is 10.9 Å². The lowest BCUT2D eigenvalue weighted by atomic mass is 10.2. The third-order valence-corrected chi connectivity index (χ3v) is 5.58. The Morgan fingerprint density at radius 3 is 2.81 bits per heavy atom. The average Bonchev–Trinajstić information content (AvgIpc) is 3.17. The van der Waals surface area contributed by atoms with Crippen molar-refractivity contribution in [1.29, 1.82) is 0 Å². The topological polar surface area (TPSA) is 44.1 Å². The smallest absolute Gasteiger partial charge is 0.262 e. The van der Waals surface area contributed by atoms with Gasteiger partial charge in [0.25, 0.3) is 5.56 Å². The zero-order chi connectivity index (χ0) is 17.9. The molecule has 0 N–H and O–H groups in total. The fourth-order valence-corrected chi connectivity index (χ4v) is 4.16. The molecule has 1 aromatic heterocycles. The van der Waals surface area contributed by atoms with Crippen molar-refractivity contribution in [2.24, 2.45) is 0 Å². The number of fused-ring (bicyclic) bond motifs is 1. The summed E-state index contributed by atoms with van der Waals surface area (Å²) in [7, 11) is 0. The summed E-state index contributed by atoms with van der Waals surface area (Å²) in [5, 5.41) is 1.20. The summed E-state index contributed by atoms with van der Waals surface area (Å²) in [6, 6.07) is 14.0. The molecular formula is C20H19FN2O2S. The van der Waals surface area contributed by atoms with Crippen LogP contribution in [0.4, 0.5) is 4.39 Å². The summed E-state index contributed by atoms with van der Waals surface area (Å²) in [5.41, 5.74) is 1.20. The zero-order valence-electron chi connectivity index (χ0n) is 14.2. The van der Waals surface area contributed by atoms with Gasteiger partial charge in [0.15, 0.2) is 5.16 Å². The molecule has 1 saturated heterocycles. The van der Waals surface area contributed by atoms with Crippen molar-refractivity contribution >= 4 is 22.7 Å². The SMILES string of the molecule is O=c1c2ccccc2nc(SCc2ccccc2F)n1CC1CCCO1. The van der Waals surface area contributed by atoms with Crippen LogP contribution in [0.2, 0.25) is 0 Å². The highest BCUT2D eigenvalue weighted by Crippen LogP contribution is 2.25. The Hall–Kier alpha value is -2.18. The first-order chi connectivity index (χ1) is 12.7. The van der Waals surface area contributed by atoms with Crippen molar-refractivity contribution in [3.63, 3.8) is 0 Å². The first kappa shape index (κ1) is 17.2. The number of hydrogen-bond donors (Lipinski definition) is 0. The Bertz CT molecular complexity index is 983. The number of ether oxygens (including phenoxy) is 1. The van der Waals surface area contributed by atoms with E-state index in [9.17, 15) is 9.18 Å². The standard InChI is InChI=1S/C20H19FN2O2S/c21-17-9-3-1-6-14(17)13-26-20-22-18-10-4-2-8-16(18)19(24)23(20)12-15-7-5-11-25-15/h1-4,6,8-10,15H,5,7,11-13H2. The summed E-state index contributed by atoms with van der Waals surface area (Å²) >= 11 is 1.38. The fraction of sp³-hybridized carbons (Fsp3) is 0.300. The second-order valence-electron chi connectivity index (χ2n) is 6.34. The molecule has 4 rings (SSSR count). The molecule has 1 aliphatic rings. The maximum absolute atomic E-state index is 13.9. The summed E-state index contributed by atoms with van der Waals surface area (Å²) in [5.74, 6) is 0.178. The molecule has 6 heteroatoms. The third-order valence-electron chi connectivity index (χ3n) is 4.55. The largest absolute Gasteiger partial charge is 0.376 e. The molecule has 26 heavy (non-hydrogen) atoms. The number of aromatic nitrogens is 2. The van der Waals surface area contributed by atoms with Gasteiger partial charge in [-0.05, 0) is 36.6 Å². The van der Waals surface area contributed by atoms with E-state index in [1.807, 2.05) is 24.3 Å². The van der Waals surface area contributed by atoms with Gasteiger partial charge in [0.05, 0.1) is 23.6 Å². The molecule has 1 fully saturated rings. The Labute approximate surface area is 155 Å². The molecule has 1 unspecified atom stereocenters. The number of para-hydroxylation sites is 1. The van der Waals surface area contributed by atoms with E-state index in [2.05, 4.69) is 4.98 Å². The monoisotopic (exact) mass is 370 g/mol. The van der Waals surface area contributed by atoms with Crippen molar-refractivity contribution in [2.75, 3.05) is 6.61 Å². The van der Waals surface area contributed by atoms with Gasteiger partial charge >= 0.3 is 0 Å². The minimum absolute atomic E-state index is 0.0310. The number of hydrogen-bond acceptors (Lipinski definition) is 4. The molecule has 0 spiro atoms. The summed E-state index contributed by atoms with van der Waals surface area (Å²) < 4.78 is 21.3. The van der Waals surface area contributed by atoms with Crippen molar-refractivity contribution in [3.05, 3.63) is 70.3 Å². The van der Waals surface area contributed by atoms with Crippen LogP contribution in [0.3, 0.4) is 0 Å². The third kappa shape index (κ3) is 3.52. The van der Waals surface area contributed by atoms with E-state index in [4.69, 9.17) is 4.74 Å². The Morgan fingerprint density at radius 2 is 2.00 bits per heavy atom. The molecule has 4 nitrogen and oxygen atoms in total. The maximum Gasteiger partial charge on any atom is 0.262 e. The summed E-state index contributed by atoms with van der Waals surface area (Å²) in [4.78, 5) is 17.7. The van der Waals surface area contributed by atoms with Gasteiger partial charge in [-0.25, -0.2) is 9.37 Å². The molecule has 2 aromatic carbocycles. The maximum atomic E-state index is 13.9. The normalized spacial score (nSPS) is 17.0. The molecule has 0 saturated carbocycles. The number of rotatable bonds is 5. The number of benzene rings is 2. The van der Waals surface area contributed by atoms with Crippen molar-refractivity contribution < 1.29 is 9.13 Å². The second-order valence-corrected chi connectivity index (χ2v) is 7.28. The van der Waals surface area contributed by atoms with Crippen molar-refractivity contribution in [1.82, 2.24) is 9.55 Å². The number of thioether (sulfide) groups is 1. The van der Waals surface area contributed by atoms with Gasteiger partial charge < -0.3 is 4.74 Å². The molecular weight excluding hydrogens is 351 g/mol. The van der Waals surface area contributed by atoms with Crippen molar-refractivity contribution in [3.8, 4) is 0 Å². The van der Waals surface area contributed by atoms with Gasteiger partial charge in [0.1, 0.15) is 5.82 Å². The molecule has 0 aliphatic carbocycles. The summed E-state index contributed by atoms with van der Waals surface area (Å²) in [6.07, 6.45) is 1.98. The molecule has 0 bridgehead atoms. The number of halogens is 1. The van der Waals surface area contributed by atoms with E-state index < -0.39 is 0 Å². The lowest BCUT2D eigenvalue weighted by Gasteiger charge is -2.16. The van der Waals surface area contributed by atoms with E-state index in [1.54, 1.807) is 22.8 Å². The van der Waals surface area contributed by atoms with Gasteiger partial charge in [-0.15, -0.1) is 0 Å². The van der Waals surface area contributed by atoms with Gasteiger partial charge in [-0.1, -0.05) is 42.1 Å². The van der Waals surface area contributed by atoms with Crippen LogP contribution >= 0.6 is 11.8 Å². The predicted molar refractivity (Wildman–Crippen MR) is 101 cm³/mol. The van der Waals surface area contributed by atoms with E-state index in [1.165, 1.54) is 17.8 Å². The van der Waals surface area contributed by atoms with Crippen LogP contribution in [-0.2, 0) is 17.0 Å². The molecule has 1 aliphatic heterocycles. The Morgan fingerprint density at radius 1 is 1.19 bits per heavy atom. The Balaban J connectivity index is 1.71. The van der Waals surface area contributed by atoms with E-state index in [0.717, 1.165) is 19.4 Å². The molecule has 2 heterocycles. The lowest BCUT2D eigenvalue weighted by molar-refractivity contribution is 0.0937. The summed E-state index contributed by atoms with van der Waals surface area (Å²) in [6.45, 7) is 1.22. The molecule has 0 amide bonds. The zero-order valence-corrected chi connectivity index (χ0v) is 15.0. The average molecular weight is 370 g/mol. The minimum Gasteiger partial charge on any atom is -0.376 e.